The summed E-state index contributed by atoms with van der Waals surface area (Å²) in [6.45, 7) is 0.553. The largest absolute Gasteiger partial charge is 0.493 e. The zero-order valence-corrected chi connectivity index (χ0v) is 11.2. The van der Waals surface area contributed by atoms with Crippen molar-refractivity contribution in [2.45, 2.75) is 11.3 Å². The van der Waals surface area contributed by atoms with E-state index >= 15 is 0 Å². The van der Waals surface area contributed by atoms with E-state index in [1.165, 1.54) is 18.2 Å². The molecule has 0 radical (unpaired) electrons. The number of sulfonamides is 1. The Labute approximate surface area is 115 Å². The summed E-state index contributed by atoms with van der Waals surface area (Å²) >= 11 is 0. The van der Waals surface area contributed by atoms with Crippen molar-refractivity contribution >= 4 is 15.8 Å². The van der Waals surface area contributed by atoms with Crippen LogP contribution in [0.1, 0.15) is 5.56 Å². The van der Waals surface area contributed by atoms with Crippen LogP contribution in [-0.4, -0.2) is 20.0 Å². The SMILES string of the molecule is O=S(=O)(Nc1cccc(F)n1)c1ccc2c(c1)CCO2. The maximum absolute atomic E-state index is 13.0. The fourth-order valence-corrected chi connectivity index (χ4v) is 3.04. The number of nitrogens with one attached hydrogen (secondary N) is 1. The van der Waals surface area contributed by atoms with E-state index in [1.807, 2.05) is 0 Å². The number of fused-ring (bicyclic) bond motifs is 1. The molecule has 0 aliphatic carbocycles. The molecule has 0 saturated carbocycles. The normalized spacial score (nSPS) is 13.7. The Morgan fingerprint density at radius 1 is 1.25 bits per heavy atom. The number of ether oxygens (including phenoxy) is 1. The maximum atomic E-state index is 13.0. The van der Waals surface area contributed by atoms with Crippen LogP contribution in [0.4, 0.5) is 10.2 Å². The van der Waals surface area contributed by atoms with E-state index in [1.54, 1.807) is 12.1 Å². The number of halogens is 1. The van der Waals surface area contributed by atoms with Gasteiger partial charge in [0.15, 0.2) is 0 Å². The molecule has 20 heavy (non-hydrogen) atoms. The second-order valence-electron chi connectivity index (χ2n) is 4.32. The number of nitrogens with zero attached hydrogens (tertiary/aromatic N) is 1. The van der Waals surface area contributed by atoms with Gasteiger partial charge in [-0.2, -0.15) is 4.39 Å². The van der Waals surface area contributed by atoms with Gasteiger partial charge in [0.1, 0.15) is 11.6 Å². The summed E-state index contributed by atoms with van der Waals surface area (Å²) in [4.78, 5) is 3.58. The van der Waals surface area contributed by atoms with Crippen molar-refractivity contribution in [1.82, 2.24) is 4.98 Å². The molecule has 0 atom stereocenters. The van der Waals surface area contributed by atoms with E-state index in [0.29, 0.717) is 18.8 Å². The summed E-state index contributed by atoms with van der Waals surface area (Å²) in [5.74, 6) is -0.0952. The predicted molar refractivity (Wildman–Crippen MR) is 70.6 cm³/mol. The Balaban J connectivity index is 1.92. The second-order valence-corrected chi connectivity index (χ2v) is 6.00. The minimum atomic E-state index is -3.79. The molecule has 104 valence electrons. The van der Waals surface area contributed by atoms with Crippen molar-refractivity contribution in [2.24, 2.45) is 0 Å². The number of aromatic nitrogens is 1. The molecule has 0 bridgehead atoms. The van der Waals surface area contributed by atoms with Crippen LogP contribution in [-0.2, 0) is 16.4 Å². The van der Waals surface area contributed by atoms with Gasteiger partial charge >= 0.3 is 0 Å². The van der Waals surface area contributed by atoms with Gasteiger partial charge in [0.05, 0.1) is 11.5 Å². The van der Waals surface area contributed by atoms with Gasteiger partial charge in [-0.3, -0.25) is 4.72 Å². The van der Waals surface area contributed by atoms with E-state index in [-0.39, 0.29) is 10.7 Å². The predicted octanol–water partition coefficient (Wildman–Crippen LogP) is 1.96. The highest BCUT2D eigenvalue weighted by atomic mass is 32.2. The average Bonchev–Trinajstić information content (AvgIpc) is 2.85. The molecule has 2 aromatic rings. The zero-order chi connectivity index (χ0) is 14.2. The monoisotopic (exact) mass is 294 g/mol. The second kappa shape index (κ2) is 4.75. The number of anilines is 1. The van der Waals surface area contributed by atoms with Crippen molar-refractivity contribution in [1.29, 1.82) is 0 Å². The maximum Gasteiger partial charge on any atom is 0.263 e. The first-order valence-corrected chi connectivity index (χ1v) is 7.44. The number of hydrogen-bond acceptors (Lipinski definition) is 4. The van der Waals surface area contributed by atoms with Gasteiger partial charge in [0.25, 0.3) is 10.0 Å². The van der Waals surface area contributed by atoms with Crippen molar-refractivity contribution in [3.63, 3.8) is 0 Å². The van der Waals surface area contributed by atoms with Crippen molar-refractivity contribution < 1.29 is 17.5 Å². The Hall–Kier alpha value is -2.15. The Kier molecular flexibility index (Phi) is 3.06. The van der Waals surface area contributed by atoms with Crippen LogP contribution in [0.25, 0.3) is 0 Å². The van der Waals surface area contributed by atoms with Crippen molar-refractivity contribution in [2.75, 3.05) is 11.3 Å². The molecule has 1 aromatic heterocycles. The van der Waals surface area contributed by atoms with Crippen LogP contribution in [0.5, 0.6) is 5.75 Å². The van der Waals surface area contributed by atoms with Gasteiger partial charge < -0.3 is 4.74 Å². The van der Waals surface area contributed by atoms with E-state index < -0.39 is 16.0 Å². The van der Waals surface area contributed by atoms with Crippen LogP contribution in [0.2, 0.25) is 0 Å². The highest BCUT2D eigenvalue weighted by Gasteiger charge is 2.19. The molecule has 0 saturated heterocycles. The summed E-state index contributed by atoms with van der Waals surface area (Å²) in [5.41, 5.74) is 0.847. The standard InChI is InChI=1S/C13H11FN2O3S/c14-12-2-1-3-13(15-12)16-20(17,18)10-4-5-11-9(8-10)6-7-19-11/h1-5,8H,6-7H2,(H,15,16). The molecule has 5 nitrogen and oxygen atoms in total. The molecule has 7 heteroatoms. The minimum absolute atomic E-state index is 0.0539. The van der Waals surface area contributed by atoms with Gasteiger partial charge in [0, 0.05) is 6.42 Å². The Morgan fingerprint density at radius 3 is 2.90 bits per heavy atom. The molecule has 1 N–H and O–H groups in total. The minimum Gasteiger partial charge on any atom is -0.493 e. The van der Waals surface area contributed by atoms with Crippen LogP contribution < -0.4 is 9.46 Å². The number of pyridine rings is 1. The van der Waals surface area contributed by atoms with Gasteiger partial charge in [-0.1, -0.05) is 6.07 Å². The number of rotatable bonds is 3. The number of benzene rings is 1. The van der Waals surface area contributed by atoms with E-state index in [2.05, 4.69) is 9.71 Å². The first-order chi connectivity index (χ1) is 9.54. The van der Waals surface area contributed by atoms with Gasteiger partial charge in [-0.25, -0.2) is 13.4 Å². The molecular formula is C13H11FN2O3S. The summed E-state index contributed by atoms with van der Waals surface area (Å²) in [6.07, 6.45) is 0.677. The number of hydrogen-bond donors (Lipinski definition) is 1. The molecule has 0 amide bonds. The third-order valence-corrected chi connectivity index (χ3v) is 4.28. The molecule has 0 unspecified atom stereocenters. The summed E-state index contributed by atoms with van der Waals surface area (Å²) in [7, 11) is -3.79. The van der Waals surface area contributed by atoms with Crippen molar-refractivity contribution in [3.8, 4) is 5.75 Å². The molecule has 1 aliphatic rings. The zero-order valence-electron chi connectivity index (χ0n) is 10.3. The third kappa shape index (κ3) is 2.44. The van der Waals surface area contributed by atoms with Crippen molar-refractivity contribution in [3.05, 3.63) is 47.9 Å². The highest BCUT2D eigenvalue weighted by Crippen LogP contribution is 2.28. The molecule has 1 aliphatic heterocycles. The molecule has 0 fully saturated rings. The molecule has 3 rings (SSSR count). The fraction of sp³-hybridized carbons (Fsp3) is 0.154. The lowest BCUT2D eigenvalue weighted by atomic mass is 10.2. The van der Waals surface area contributed by atoms with Crippen LogP contribution >= 0.6 is 0 Å². The topological polar surface area (TPSA) is 68.3 Å². The summed E-state index contributed by atoms with van der Waals surface area (Å²) in [6, 6.07) is 8.55. The van der Waals surface area contributed by atoms with Gasteiger partial charge in [-0.15, -0.1) is 0 Å². The van der Waals surface area contributed by atoms with Crippen LogP contribution in [0.3, 0.4) is 0 Å². The third-order valence-electron chi connectivity index (χ3n) is 2.93. The van der Waals surface area contributed by atoms with E-state index in [9.17, 15) is 12.8 Å². The molecule has 1 aromatic carbocycles. The van der Waals surface area contributed by atoms with E-state index in [4.69, 9.17) is 4.74 Å². The Bertz CT molecular complexity index is 762. The summed E-state index contributed by atoms with van der Waals surface area (Å²) < 4.78 is 44.9. The average molecular weight is 294 g/mol. The van der Waals surface area contributed by atoms with Gasteiger partial charge in [0.2, 0.25) is 5.95 Å². The molecule has 2 heterocycles. The Morgan fingerprint density at radius 2 is 2.10 bits per heavy atom. The summed E-state index contributed by atoms with van der Waals surface area (Å²) in [5, 5.41) is 0. The molecular weight excluding hydrogens is 283 g/mol. The lowest BCUT2D eigenvalue weighted by molar-refractivity contribution is 0.356. The molecule has 0 spiro atoms. The first-order valence-electron chi connectivity index (χ1n) is 5.96. The van der Waals surface area contributed by atoms with Crippen LogP contribution in [0.15, 0.2) is 41.3 Å². The first kappa shape index (κ1) is 12.9. The fourth-order valence-electron chi connectivity index (χ4n) is 1.99. The quantitative estimate of drug-likeness (QED) is 0.879. The lowest BCUT2D eigenvalue weighted by Crippen LogP contribution is -2.14. The lowest BCUT2D eigenvalue weighted by Gasteiger charge is -2.08. The van der Waals surface area contributed by atoms with Crippen LogP contribution in [0, 0.1) is 5.95 Å². The van der Waals surface area contributed by atoms with Gasteiger partial charge in [-0.05, 0) is 35.9 Å². The highest BCUT2D eigenvalue weighted by molar-refractivity contribution is 7.92. The van der Waals surface area contributed by atoms with E-state index in [0.717, 1.165) is 11.6 Å². The smallest absolute Gasteiger partial charge is 0.263 e.